The summed E-state index contributed by atoms with van der Waals surface area (Å²) < 4.78 is 26.7. The maximum atomic E-state index is 12.1. The van der Waals surface area contributed by atoms with Crippen LogP contribution in [-0.4, -0.2) is 26.4 Å². The molecular formula is C13H19N3O4S. The Bertz CT molecular complexity index is 626. The highest BCUT2D eigenvalue weighted by molar-refractivity contribution is 7.89. The number of benzene rings is 1. The molecule has 1 aliphatic carbocycles. The fourth-order valence-corrected chi connectivity index (χ4v) is 3.12. The second kappa shape index (κ2) is 6.40. The molecular weight excluding hydrogens is 294 g/mol. The van der Waals surface area contributed by atoms with E-state index in [1.807, 2.05) is 6.92 Å². The van der Waals surface area contributed by atoms with Gasteiger partial charge in [0.15, 0.2) is 0 Å². The molecule has 0 spiro atoms. The summed E-state index contributed by atoms with van der Waals surface area (Å²) in [5.74, 6) is 0.623. The summed E-state index contributed by atoms with van der Waals surface area (Å²) >= 11 is 0. The van der Waals surface area contributed by atoms with Gasteiger partial charge in [-0.15, -0.1) is 0 Å². The number of hydrogen-bond acceptors (Lipinski definition) is 5. The van der Waals surface area contributed by atoms with E-state index in [0.29, 0.717) is 24.7 Å². The van der Waals surface area contributed by atoms with Crippen molar-refractivity contribution in [2.75, 3.05) is 18.4 Å². The zero-order chi connectivity index (χ0) is 15.5. The summed E-state index contributed by atoms with van der Waals surface area (Å²) in [5, 5.41) is 13.9. The minimum Gasteiger partial charge on any atom is -0.380 e. The first kappa shape index (κ1) is 15.7. The van der Waals surface area contributed by atoms with E-state index in [1.54, 1.807) is 0 Å². The van der Waals surface area contributed by atoms with Gasteiger partial charge in [-0.2, -0.15) is 0 Å². The van der Waals surface area contributed by atoms with E-state index < -0.39 is 14.9 Å². The van der Waals surface area contributed by atoms with Crippen LogP contribution >= 0.6 is 0 Å². The Hall–Kier alpha value is -1.67. The lowest BCUT2D eigenvalue weighted by Crippen LogP contribution is -2.25. The molecule has 7 nitrogen and oxygen atoms in total. The van der Waals surface area contributed by atoms with Gasteiger partial charge >= 0.3 is 0 Å². The lowest BCUT2D eigenvalue weighted by Gasteiger charge is -2.09. The van der Waals surface area contributed by atoms with Crippen molar-refractivity contribution >= 4 is 21.4 Å². The van der Waals surface area contributed by atoms with Crippen LogP contribution in [0.15, 0.2) is 23.1 Å². The predicted molar refractivity (Wildman–Crippen MR) is 79.8 cm³/mol. The van der Waals surface area contributed by atoms with Crippen LogP contribution in [0, 0.1) is 16.0 Å². The molecule has 21 heavy (non-hydrogen) atoms. The fourth-order valence-electron chi connectivity index (χ4n) is 2.06. The molecule has 1 aromatic rings. The third kappa shape index (κ3) is 4.15. The van der Waals surface area contributed by atoms with Crippen molar-refractivity contribution in [1.82, 2.24) is 4.72 Å². The summed E-state index contributed by atoms with van der Waals surface area (Å²) in [6.45, 7) is 2.70. The van der Waals surface area contributed by atoms with Crippen LogP contribution in [0.1, 0.15) is 26.2 Å². The predicted octanol–water partition coefficient (Wildman–Crippen LogP) is 2.10. The summed E-state index contributed by atoms with van der Waals surface area (Å²) in [7, 11) is -3.70. The Morgan fingerprint density at radius 3 is 2.67 bits per heavy atom. The van der Waals surface area contributed by atoms with Gasteiger partial charge in [0.05, 0.1) is 9.82 Å². The van der Waals surface area contributed by atoms with E-state index in [-0.39, 0.29) is 10.6 Å². The number of nitro groups is 1. The lowest BCUT2D eigenvalue weighted by molar-refractivity contribution is -0.384. The number of hydrogen-bond donors (Lipinski definition) is 2. The van der Waals surface area contributed by atoms with Crippen molar-refractivity contribution in [3.63, 3.8) is 0 Å². The van der Waals surface area contributed by atoms with Crippen molar-refractivity contribution in [3.8, 4) is 0 Å². The van der Waals surface area contributed by atoms with Crippen LogP contribution < -0.4 is 10.0 Å². The first-order chi connectivity index (χ1) is 9.94. The monoisotopic (exact) mass is 313 g/mol. The molecule has 0 heterocycles. The van der Waals surface area contributed by atoms with E-state index in [1.165, 1.54) is 12.1 Å². The number of rotatable bonds is 8. The Morgan fingerprint density at radius 1 is 1.38 bits per heavy atom. The van der Waals surface area contributed by atoms with Crippen molar-refractivity contribution in [2.45, 2.75) is 31.1 Å². The average Bonchev–Trinajstić information content (AvgIpc) is 3.23. The van der Waals surface area contributed by atoms with Crippen molar-refractivity contribution in [3.05, 3.63) is 28.3 Å². The summed E-state index contributed by atoms with van der Waals surface area (Å²) in [6, 6.07) is 3.90. The van der Waals surface area contributed by atoms with Gasteiger partial charge in [0, 0.05) is 19.2 Å². The lowest BCUT2D eigenvalue weighted by atomic mass is 10.2. The molecule has 116 valence electrons. The van der Waals surface area contributed by atoms with E-state index in [4.69, 9.17) is 0 Å². The number of nitrogens with one attached hydrogen (secondary N) is 2. The summed E-state index contributed by atoms with van der Waals surface area (Å²) in [6.07, 6.45) is 3.13. The maximum Gasteiger partial charge on any atom is 0.293 e. The minimum atomic E-state index is -3.70. The van der Waals surface area contributed by atoms with Gasteiger partial charge in [-0.3, -0.25) is 10.1 Å². The number of nitro benzene ring substituents is 1. The highest BCUT2D eigenvalue weighted by atomic mass is 32.2. The van der Waals surface area contributed by atoms with Crippen molar-refractivity contribution < 1.29 is 13.3 Å². The molecule has 0 aromatic heterocycles. The summed E-state index contributed by atoms with van der Waals surface area (Å²) in [5.41, 5.74) is 0.0846. The van der Waals surface area contributed by atoms with Gasteiger partial charge in [-0.05, 0) is 31.4 Å². The summed E-state index contributed by atoms with van der Waals surface area (Å²) in [4.78, 5) is 10.4. The molecule has 0 saturated heterocycles. The number of nitrogens with zero attached hydrogens (tertiary/aromatic N) is 1. The van der Waals surface area contributed by atoms with Crippen molar-refractivity contribution in [1.29, 1.82) is 0 Å². The second-order valence-electron chi connectivity index (χ2n) is 5.10. The van der Waals surface area contributed by atoms with E-state index in [0.717, 1.165) is 25.3 Å². The van der Waals surface area contributed by atoms with Crippen LogP contribution in [0.2, 0.25) is 0 Å². The molecule has 0 aliphatic heterocycles. The zero-order valence-electron chi connectivity index (χ0n) is 11.8. The second-order valence-corrected chi connectivity index (χ2v) is 6.86. The molecule has 0 amide bonds. The van der Waals surface area contributed by atoms with Crippen LogP contribution in [0.25, 0.3) is 0 Å². The molecule has 8 heteroatoms. The average molecular weight is 313 g/mol. The Balaban J connectivity index is 2.17. The first-order valence-corrected chi connectivity index (χ1v) is 8.44. The topological polar surface area (TPSA) is 101 Å². The molecule has 0 atom stereocenters. The Kier molecular flexibility index (Phi) is 4.79. The van der Waals surface area contributed by atoms with E-state index in [2.05, 4.69) is 10.0 Å². The first-order valence-electron chi connectivity index (χ1n) is 6.96. The fraction of sp³-hybridized carbons (Fsp3) is 0.538. The molecule has 1 saturated carbocycles. The van der Waals surface area contributed by atoms with Gasteiger partial charge in [0.25, 0.3) is 5.69 Å². The van der Waals surface area contributed by atoms with Crippen LogP contribution in [0.4, 0.5) is 11.4 Å². The third-order valence-corrected chi connectivity index (χ3v) is 4.84. The largest absolute Gasteiger partial charge is 0.380 e. The SMILES string of the molecule is CCNc1ccc(S(=O)(=O)NCCC2CC2)cc1[N+](=O)[O-]. The van der Waals surface area contributed by atoms with E-state index in [9.17, 15) is 18.5 Å². The zero-order valence-corrected chi connectivity index (χ0v) is 12.6. The molecule has 1 aromatic carbocycles. The van der Waals surface area contributed by atoms with Crippen LogP contribution in [0.5, 0.6) is 0 Å². The van der Waals surface area contributed by atoms with Gasteiger partial charge in [0.1, 0.15) is 5.69 Å². The molecule has 1 fully saturated rings. The molecule has 1 aliphatic rings. The van der Waals surface area contributed by atoms with E-state index >= 15 is 0 Å². The van der Waals surface area contributed by atoms with Crippen molar-refractivity contribution in [2.24, 2.45) is 5.92 Å². The third-order valence-electron chi connectivity index (χ3n) is 3.39. The van der Waals surface area contributed by atoms with Gasteiger partial charge in [0.2, 0.25) is 10.0 Å². The Morgan fingerprint density at radius 2 is 2.10 bits per heavy atom. The van der Waals surface area contributed by atoms with Crippen LogP contribution in [-0.2, 0) is 10.0 Å². The highest BCUT2D eigenvalue weighted by Crippen LogP contribution is 2.32. The molecule has 0 radical (unpaired) electrons. The maximum absolute atomic E-state index is 12.1. The van der Waals surface area contributed by atoms with Gasteiger partial charge < -0.3 is 5.32 Å². The van der Waals surface area contributed by atoms with Gasteiger partial charge in [-0.25, -0.2) is 13.1 Å². The Labute approximate surface area is 123 Å². The molecule has 0 unspecified atom stereocenters. The quantitative estimate of drug-likeness (QED) is 0.565. The molecule has 0 bridgehead atoms. The standard InChI is InChI=1S/C13H19N3O4S/c1-2-14-12-6-5-11(9-13(12)16(17)18)21(19,20)15-8-7-10-3-4-10/h5-6,9-10,14-15H,2-4,7-8H2,1H3. The molecule has 2 rings (SSSR count). The smallest absolute Gasteiger partial charge is 0.293 e. The van der Waals surface area contributed by atoms with Crippen LogP contribution in [0.3, 0.4) is 0 Å². The number of anilines is 1. The minimum absolute atomic E-state index is 0.0772. The normalized spacial score (nSPS) is 14.9. The van der Waals surface area contributed by atoms with Gasteiger partial charge in [-0.1, -0.05) is 12.8 Å². The highest BCUT2D eigenvalue weighted by Gasteiger charge is 2.24. The number of sulfonamides is 1. The molecule has 2 N–H and O–H groups in total.